The topological polar surface area (TPSA) is 85.2 Å². The third kappa shape index (κ3) is 4.59. The second-order valence-corrected chi connectivity index (χ2v) is 12.6. The maximum atomic E-state index is 14.0. The Bertz CT molecular complexity index is 1800. The molecule has 212 valence electrons. The lowest BCUT2D eigenvalue weighted by Gasteiger charge is -2.44. The number of aromatic nitrogens is 3. The van der Waals surface area contributed by atoms with Crippen molar-refractivity contribution in [2.75, 3.05) is 13.1 Å². The number of ketones is 1. The Morgan fingerprint density at radius 3 is 2.51 bits per heavy atom. The van der Waals surface area contributed by atoms with E-state index < -0.39 is 49.5 Å². The minimum atomic E-state index is -5.10. The van der Waals surface area contributed by atoms with Crippen molar-refractivity contribution >= 4 is 33.2 Å². The summed E-state index contributed by atoms with van der Waals surface area (Å²) in [7, 11) is -4.56. The van der Waals surface area contributed by atoms with Gasteiger partial charge in [-0.15, -0.1) is 11.3 Å². The van der Waals surface area contributed by atoms with Gasteiger partial charge in [0.1, 0.15) is 11.6 Å². The van der Waals surface area contributed by atoms with Gasteiger partial charge in [-0.05, 0) is 66.9 Å². The van der Waals surface area contributed by atoms with Crippen molar-refractivity contribution in [2.45, 2.75) is 23.9 Å². The molecular weight excluding hydrogens is 587 g/mol. The summed E-state index contributed by atoms with van der Waals surface area (Å²) in [5.41, 5.74) is -0.613. The van der Waals surface area contributed by atoms with E-state index in [1.165, 1.54) is 18.3 Å². The van der Waals surface area contributed by atoms with E-state index >= 15 is 0 Å². The molecule has 0 spiro atoms. The summed E-state index contributed by atoms with van der Waals surface area (Å²) >= 11 is 1.09. The van der Waals surface area contributed by atoms with Gasteiger partial charge in [0.2, 0.25) is 15.8 Å². The van der Waals surface area contributed by atoms with Crippen LogP contribution in [0.15, 0.2) is 70.7 Å². The largest absolute Gasteiger partial charge is 0.419 e. The smallest absolute Gasteiger partial charge is 0.290 e. The van der Waals surface area contributed by atoms with Crippen LogP contribution in [0.1, 0.15) is 33.0 Å². The zero-order valence-electron chi connectivity index (χ0n) is 20.9. The lowest BCUT2D eigenvalue weighted by atomic mass is 9.66. The predicted octanol–water partition coefficient (Wildman–Crippen LogP) is 5.53. The standard InChI is InChI=1S/C27H19F5N4O3S2/c28-18-1-3-19(4-2-18)36-23-11-17-7-9-35(41(38,39)20-5-6-22(29)21(12-20)27(30,31)32)15-26(17,13-16(23)14-34-36)24(37)25-33-8-10-40-25/h1-6,8,10-12,14H,7,9,13,15H2/t26-/m0/s1. The Labute approximate surface area is 234 Å². The molecule has 1 aliphatic heterocycles. The summed E-state index contributed by atoms with van der Waals surface area (Å²) < 4.78 is 97.3. The fraction of sp³-hybridized carbons (Fsp3) is 0.222. The number of halogens is 5. The molecule has 2 aromatic carbocycles. The maximum Gasteiger partial charge on any atom is 0.419 e. The van der Waals surface area contributed by atoms with Crippen molar-refractivity contribution in [2.24, 2.45) is 5.41 Å². The zero-order valence-corrected chi connectivity index (χ0v) is 22.5. The Hall–Kier alpha value is -3.75. The first-order valence-electron chi connectivity index (χ1n) is 12.3. The first-order valence-corrected chi connectivity index (χ1v) is 14.6. The van der Waals surface area contributed by atoms with E-state index in [2.05, 4.69) is 10.1 Å². The summed E-state index contributed by atoms with van der Waals surface area (Å²) in [6, 6.07) is 7.21. The molecule has 0 amide bonds. The number of rotatable bonds is 5. The van der Waals surface area contributed by atoms with E-state index in [-0.39, 0.29) is 37.0 Å². The minimum Gasteiger partial charge on any atom is -0.290 e. The number of alkyl halides is 3. The average molecular weight is 607 g/mol. The molecule has 1 fully saturated rings. The van der Waals surface area contributed by atoms with Gasteiger partial charge in [0.05, 0.1) is 33.5 Å². The number of sulfonamides is 1. The highest BCUT2D eigenvalue weighted by molar-refractivity contribution is 7.89. The molecule has 14 heteroatoms. The van der Waals surface area contributed by atoms with Gasteiger partial charge < -0.3 is 0 Å². The normalized spacial score (nSPS) is 19.4. The van der Waals surface area contributed by atoms with Gasteiger partial charge in [0.15, 0.2) is 5.01 Å². The van der Waals surface area contributed by atoms with E-state index in [0.717, 1.165) is 21.7 Å². The van der Waals surface area contributed by atoms with E-state index in [4.69, 9.17) is 0 Å². The van der Waals surface area contributed by atoms with Gasteiger partial charge in [0.25, 0.3) is 0 Å². The molecule has 1 atom stereocenters. The molecule has 0 bridgehead atoms. The highest BCUT2D eigenvalue weighted by Gasteiger charge is 2.52. The Kier molecular flexibility index (Phi) is 6.47. The fourth-order valence-corrected chi connectivity index (χ4v) is 7.58. The number of Topliss-reactive ketones (excluding diaryl/α,β-unsaturated/α-hetero) is 1. The summed E-state index contributed by atoms with van der Waals surface area (Å²) in [5.74, 6) is -2.43. The number of hydrogen-bond donors (Lipinski definition) is 0. The molecule has 0 saturated carbocycles. The van der Waals surface area contributed by atoms with Crippen LogP contribution in [0, 0.1) is 17.0 Å². The number of carbonyl (C=O) groups excluding carboxylic acids is 1. The highest BCUT2D eigenvalue weighted by atomic mass is 32.2. The lowest BCUT2D eigenvalue weighted by molar-refractivity contribution is -0.140. The molecule has 1 saturated heterocycles. The number of piperidine rings is 1. The maximum absolute atomic E-state index is 14.0. The van der Waals surface area contributed by atoms with Crippen LogP contribution in [-0.4, -0.2) is 46.4 Å². The van der Waals surface area contributed by atoms with Crippen LogP contribution in [0.3, 0.4) is 0 Å². The number of fused-ring (bicyclic) bond motifs is 2. The second-order valence-electron chi connectivity index (χ2n) is 9.77. The van der Waals surface area contributed by atoms with Gasteiger partial charge in [-0.2, -0.15) is 22.6 Å². The van der Waals surface area contributed by atoms with Crippen LogP contribution in [0.25, 0.3) is 11.8 Å². The quantitative estimate of drug-likeness (QED) is 0.220. The SMILES string of the molecule is O=C(c1nccs1)[C@]12Cc3cnn(-c4ccc(F)cc4)c3C=C1CCN(S(=O)(=O)c1ccc(F)c(C(F)(F)F)c1)C2. The Morgan fingerprint density at radius 1 is 1.07 bits per heavy atom. The van der Waals surface area contributed by atoms with Crippen molar-refractivity contribution in [3.8, 4) is 5.69 Å². The van der Waals surface area contributed by atoms with E-state index in [1.807, 2.05) is 0 Å². The molecule has 41 heavy (non-hydrogen) atoms. The Morgan fingerprint density at radius 2 is 1.83 bits per heavy atom. The molecule has 0 N–H and O–H groups in total. The molecule has 0 radical (unpaired) electrons. The van der Waals surface area contributed by atoms with Gasteiger partial charge >= 0.3 is 6.18 Å². The molecule has 4 aromatic rings. The van der Waals surface area contributed by atoms with Crippen molar-refractivity contribution in [1.82, 2.24) is 19.1 Å². The number of nitrogens with zero attached hydrogens (tertiary/aromatic N) is 4. The van der Waals surface area contributed by atoms with Crippen molar-refractivity contribution in [3.63, 3.8) is 0 Å². The molecule has 2 aliphatic rings. The van der Waals surface area contributed by atoms with Crippen LogP contribution in [-0.2, 0) is 22.6 Å². The second kappa shape index (κ2) is 9.67. The number of thiazole rings is 1. The summed E-state index contributed by atoms with van der Waals surface area (Å²) in [5, 5.41) is 6.19. The van der Waals surface area contributed by atoms with Crippen LogP contribution < -0.4 is 0 Å². The molecular formula is C27H19F5N4O3S2. The monoisotopic (exact) mass is 606 g/mol. The number of hydrogen-bond acceptors (Lipinski definition) is 6. The first kappa shape index (κ1) is 27.4. The summed E-state index contributed by atoms with van der Waals surface area (Å²) in [6.07, 6.45) is -0.182. The first-order chi connectivity index (χ1) is 19.4. The van der Waals surface area contributed by atoms with Crippen LogP contribution in [0.5, 0.6) is 0 Å². The molecule has 1 aliphatic carbocycles. The summed E-state index contributed by atoms with van der Waals surface area (Å²) in [4.78, 5) is 17.4. The van der Waals surface area contributed by atoms with E-state index in [0.29, 0.717) is 28.6 Å². The van der Waals surface area contributed by atoms with Gasteiger partial charge in [-0.25, -0.2) is 26.9 Å². The number of carbonyl (C=O) groups is 1. The third-order valence-corrected chi connectivity index (χ3v) is 10.0. The van der Waals surface area contributed by atoms with Crippen molar-refractivity contribution in [1.29, 1.82) is 0 Å². The zero-order chi connectivity index (χ0) is 29.2. The predicted molar refractivity (Wildman–Crippen MR) is 139 cm³/mol. The highest BCUT2D eigenvalue weighted by Crippen LogP contribution is 2.47. The van der Waals surface area contributed by atoms with Gasteiger partial charge in [-0.1, -0.05) is 5.57 Å². The van der Waals surface area contributed by atoms with Crippen LogP contribution >= 0.6 is 11.3 Å². The molecule has 6 rings (SSSR count). The minimum absolute atomic E-state index is 0.0526. The van der Waals surface area contributed by atoms with Gasteiger partial charge in [-0.3, -0.25) is 4.79 Å². The molecule has 2 aromatic heterocycles. The average Bonchev–Trinajstić information content (AvgIpc) is 3.61. The lowest BCUT2D eigenvalue weighted by Crippen LogP contribution is -2.53. The van der Waals surface area contributed by atoms with Crippen LogP contribution in [0.4, 0.5) is 22.0 Å². The summed E-state index contributed by atoms with van der Waals surface area (Å²) in [6.45, 7) is -0.487. The van der Waals surface area contributed by atoms with Gasteiger partial charge in [0, 0.05) is 24.7 Å². The third-order valence-electron chi connectivity index (χ3n) is 7.39. The number of benzene rings is 2. The van der Waals surface area contributed by atoms with Crippen LogP contribution in [0.2, 0.25) is 0 Å². The van der Waals surface area contributed by atoms with E-state index in [1.54, 1.807) is 34.5 Å². The van der Waals surface area contributed by atoms with E-state index in [9.17, 15) is 35.2 Å². The van der Waals surface area contributed by atoms with Crippen molar-refractivity contribution in [3.05, 3.63) is 99.3 Å². The molecule has 0 unspecified atom stereocenters. The molecule has 7 nitrogen and oxygen atoms in total. The Balaban J connectivity index is 1.43. The fourth-order valence-electron chi connectivity index (χ4n) is 5.38. The van der Waals surface area contributed by atoms with Crippen molar-refractivity contribution < 1.29 is 35.2 Å². The molecule has 3 heterocycles.